The highest BCUT2D eigenvalue weighted by molar-refractivity contribution is 6.02. The van der Waals surface area contributed by atoms with Crippen molar-refractivity contribution >= 4 is 17.4 Å². The molecule has 0 aliphatic heterocycles. The molecule has 132 valence electrons. The van der Waals surface area contributed by atoms with Gasteiger partial charge in [0.05, 0.1) is 0 Å². The minimum atomic E-state index is -1.04. The molecule has 0 spiro atoms. The van der Waals surface area contributed by atoms with Crippen LogP contribution in [0.25, 0.3) is 0 Å². The van der Waals surface area contributed by atoms with Gasteiger partial charge in [-0.3, -0.25) is 4.79 Å². The molecule has 0 aliphatic rings. The van der Waals surface area contributed by atoms with Crippen LogP contribution >= 0.6 is 0 Å². The lowest BCUT2D eigenvalue weighted by atomic mass is 10.1. The van der Waals surface area contributed by atoms with E-state index in [1.54, 1.807) is 6.07 Å². The predicted molar refractivity (Wildman–Crippen MR) is 95.0 cm³/mol. The smallest absolute Gasteiger partial charge is 0.276 e. The summed E-state index contributed by atoms with van der Waals surface area (Å²) in [5.74, 6) is -2.02. The first kappa shape index (κ1) is 17.5. The molecule has 1 amide bonds. The van der Waals surface area contributed by atoms with Gasteiger partial charge in [0.25, 0.3) is 5.91 Å². The van der Waals surface area contributed by atoms with Gasteiger partial charge in [0, 0.05) is 18.3 Å². The molecule has 7 heteroatoms. The maximum absolute atomic E-state index is 13.2. The monoisotopic (exact) mass is 354 g/mol. The second kappa shape index (κ2) is 8.15. The number of carbonyl (C=O) groups excluding carboxylic acids is 1. The SMILES string of the molecule is O=C(Nc1ccc(F)c(F)c1)c1ccc(NCCc2ccccc2)nn1. The van der Waals surface area contributed by atoms with Crippen LogP contribution in [-0.4, -0.2) is 22.6 Å². The van der Waals surface area contributed by atoms with Gasteiger partial charge < -0.3 is 10.6 Å². The Morgan fingerprint density at radius 2 is 1.73 bits per heavy atom. The van der Waals surface area contributed by atoms with Crippen molar-refractivity contribution in [2.75, 3.05) is 17.2 Å². The molecular formula is C19H16F2N4O. The molecule has 3 aromatic rings. The van der Waals surface area contributed by atoms with Gasteiger partial charge in [-0.1, -0.05) is 30.3 Å². The number of nitrogens with zero attached hydrogens (tertiary/aromatic N) is 2. The minimum absolute atomic E-state index is 0.0725. The van der Waals surface area contributed by atoms with E-state index in [0.717, 1.165) is 18.6 Å². The first-order valence-electron chi connectivity index (χ1n) is 8.00. The maximum atomic E-state index is 13.2. The second-order valence-corrected chi connectivity index (χ2v) is 5.55. The fourth-order valence-electron chi connectivity index (χ4n) is 2.30. The van der Waals surface area contributed by atoms with Crippen molar-refractivity contribution in [1.29, 1.82) is 0 Å². The average molecular weight is 354 g/mol. The third-order valence-electron chi connectivity index (χ3n) is 3.64. The fourth-order valence-corrected chi connectivity index (χ4v) is 2.30. The normalized spacial score (nSPS) is 10.4. The van der Waals surface area contributed by atoms with Gasteiger partial charge in [0.15, 0.2) is 17.3 Å². The van der Waals surface area contributed by atoms with Crippen molar-refractivity contribution in [3.63, 3.8) is 0 Å². The van der Waals surface area contributed by atoms with Gasteiger partial charge in [0.1, 0.15) is 5.82 Å². The number of amides is 1. The number of carbonyl (C=O) groups is 1. The maximum Gasteiger partial charge on any atom is 0.276 e. The van der Waals surface area contributed by atoms with Gasteiger partial charge in [0.2, 0.25) is 0 Å². The first-order chi connectivity index (χ1) is 12.6. The van der Waals surface area contributed by atoms with E-state index in [1.807, 2.05) is 30.3 Å². The Bertz CT molecular complexity index is 886. The summed E-state index contributed by atoms with van der Waals surface area (Å²) in [6.45, 7) is 0.680. The van der Waals surface area contributed by atoms with Gasteiger partial charge in [-0.15, -0.1) is 10.2 Å². The van der Waals surface area contributed by atoms with Crippen molar-refractivity contribution in [2.45, 2.75) is 6.42 Å². The summed E-state index contributed by atoms with van der Waals surface area (Å²) in [6.07, 6.45) is 0.834. The molecule has 0 unspecified atom stereocenters. The van der Waals surface area contributed by atoms with Crippen LogP contribution in [0, 0.1) is 11.6 Å². The van der Waals surface area contributed by atoms with E-state index in [4.69, 9.17) is 0 Å². The van der Waals surface area contributed by atoms with E-state index in [9.17, 15) is 13.6 Å². The Morgan fingerprint density at radius 1 is 0.923 bits per heavy atom. The van der Waals surface area contributed by atoms with Crippen molar-refractivity contribution in [3.05, 3.63) is 83.6 Å². The number of hydrogen-bond donors (Lipinski definition) is 2. The number of rotatable bonds is 6. The van der Waals surface area contributed by atoms with Crippen LogP contribution in [0.1, 0.15) is 16.1 Å². The van der Waals surface area contributed by atoms with Crippen LogP contribution in [-0.2, 0) is 6.42 Å². The largest absolute Gasteiger partial charge is 0.368 e. The Labute approximate surface area is 149 Å². The van der Waals surface area contributed by atoms with E-state index in [0.29, 0.717) is 12.4 Å². The van der Waals surface area contributed by atoms with Crippen LogP contribution in [0.4, 0.5) is 20.3 Å². The zero-order valence-corrected chi connectivity index (χ0v) is 13.7. The highest BCUT2D eigenvalue weighted by Gasteiger charge is 2.10. The summed E-state index contributed by atoms with van der Waals surface area (Å²) < 4.78 is 26.1. The van der Waals surface area contributed by atoms with E-state index in [2.05, 4.69) is 20.8 Å². The molecule has 3 rings (SSSR count). The topological polar surface area (TPSA) is 66.9 Å². The Hall–Kier alpha value is -3.35. The van der Waals surface area contributed by atoms with Gasteiger partial charge in [-0.2, -0.15) is 0 Å². The molecule has 0 bridgehead atoms. The van der Waals surface area contributed by atoms with Gasteiger partial charge >= 0.3 is 0 Å². The number of hydrogen-bond acceptors (Lipinski definition) is 4. The first-order valence-corrected chi connectivity index (χ1v) is 8.00. The van der Waals surface area contributed by atoms with Crippen molar-refractivity contribution in [2.24, 2.45) is 0 Å². The molecule has 2 N–H and O–H groups in total. The molecule has 1 aromatic heterocycles. The lowest BCUT2D eigenvalue weighted by Gasteiger charge is -2.07. The Kier molecular flexibility index (Phi) is 5.48. The summed E-state index contributed by atoms with van der Waals surface area (Å²) in [6, 6.07) is 16.3. The van der Waals surface area contributed by atoms with Crippen molar-refractivity contribution in [1.82, 2.24) is 10.2 Å². The zero-order valence-electron chi connectivity index (χ0n) is 13.7. The molecule has 0 aliphatic carbocycles. The minimum Gasteiger partial charge on any atom is -0.368 e. The van der Waals surface area contributed by atoms with Gasteiger partial charge in [-0.05, 0) is 36.2 Å². The van der Waals surface area contributed by atoms with Crippen LogP contribution in [0.15, 0.2) is 60.7 Å². The standard InChI is InChI=1S/C19H16F2N4O/c20-15-7-6-14(12-16(15)21)23-19(26)17-8-9-18(25-24-17)22-11-10-13-4-2-1-3-5-13/h1-9,12H,10-11H2,(H,22,25)(H,23,26). The Morgan fingerprint density at radius 3 is 2.42 bits per heavy atom. The molecule has 5 nitrogen and oxygen atoms in total. The molecule has 0 radical (unpaired) electrons. The van der Waals surface area contributed by atoms with Crippen molar-refractivity contribution in [3.8, 4) is 0 Å². The summed E-state index contributed by atoms with van der Waals surface area (Å²) >= 11 is 0. The fraction of sp³-hybridized carbons (Fsp3) is 0.105. The summed E-state index contributed by atoms with van der Waals surface area (Å²) in [4.78, 5) is 12.1. The molecule has 1 heterocycles. The molecule has 2 aromatic carbocycles. The third kappa shape index (κ3) is 4.60. The van der Waals surface area contributed by atoms with E-state index in [1.165, 1.54) is 17.7 Å². The third-order valence-corrected chi connectivity index (χ3v) is 3.64. The zero-order chi connectivity index (χ0) is 18.4. The van der Waals surface area contributed by atoms with E-state index in [-0.39, 0.29) is 11.4 Å². The number of anilines is 2. The highest BCUT2D eigenvalue weighted by Crippen LogP contribution is 2.14. The number of benzene rings is 2. The number of aromatic nitrogens is 2. The lowest BCUT2D eigenvalue weighted by molar-refractivity contribution is 0.102. The summed E-state index contributed by atoms with van der Waals surface area (Å²) in [5.41, 5.74) is 1.42. The van der Waals surface area contributed by atoms with E-state index >= 15 is 0 Å². The van der Waals surface area contributed by atoms with Crippen LogP contribution in [0.3, 0.4) is 0 Å². The quantitative estimate of drug-likeness (QED) is 0.709. The molecule has 0 saturated carbocycles. The molecule has 0 atom stereocenters. The number of nitrogens with one attached hydrogen (secondary N) is 2. The average Bonchev–Trinajstić information content (AvgIpc) is 2.66. The van der Waals surface area contributed by atoms with E-state index < -0.39 is 17.5 Å². The van der Waals surface area contributed by atoms with Crippen LogP contribution in [0.2, 0.25) is 0 Å². The van der Waals surface area contributed by atoms with Crippen LogP contribution in [0.5, 0.6) is 0 Å². The lowest BCUT2D eigenvalue weighted by Crippen LogP contribution is -2.15. The highest BCUT2D eigenvalue weighted by atomic mass is 19.2. The van der Waals surface area contributed by atoms with Crippen molar-refractivity contribution < 1.29 is 13.6 Å². The van der Waals surface area contributed by atoms with Gasteiger partial charge in [-0.25, -0.2) is 8.78 Å². The predicted octanol–water partition coefficient (Wildman–Crippen LogP) is 3.66. The Balaban J connectivity index is 1.54. The number of halogens is 2. The second-order valence-electron chi connectivity index (χ2n) is 5.55. The summed E-state index contributed by atoms with van der Waals surface area (Å²) in [7, 11) is 0. The molecular weight excluding hydrogens is 338 g/mol. The van der Waals surface area contributed by atoms with Crippen LogP contribution < -0.4 is 10.6 Å². The molecule has 0 fully saturated rings. The summed E-state index contributed by atoms with van der Waals surface area (Å²) in [5, 5.41) is 13.4. The molecule has 0 saturated heterocycles. The molecule has 26 heavy (non-hydrogen) atoms.